The molecule has 6 heteroatoms. The summed E-state index contributed by atoms with van der Waals surface area (Å²) in [6, 6.07) is 8.27. The van der Waals surface area contributed by atoms with Crippen molar-refractivity contribution in [2.45, 2.75) is 38.7 Å². The van der Waals surface area contributed by atoms with Crippen molar-refractivity contribution < 1.29 is 29.9 Å². The van der Waals surface area contributed by atoms with Crippen molar-refractivity contribution in [3.05, 3.63) is 52.8 Å². The van der Waals surface area contributed by atoms with Crippen LogP contribution in [0.3, 0.4) is 0 Å². The van der Waals surface area contributed by atoms with Gasteiger partial charge in [0.05, 0.1) is 12.7 Å². The van der Waals surface area contributed by atoms with Gasteiger partial charge in [0.15, 0.2) is 5.76 Å². The van der Waals surface area contributed by atoms with E-state index in [1.54, 1.807) is 45.2 Å². The monoisotopic (exact) mass is 372 g/mol. The van der Waals surface area contributed by atoms with Gasteiger partial charge in [-0.05, 0) is 51.0 Å². The van der Waals surface area contributed by atoms with Crippen molar-refractivity contribution in [3.63, 3.8) is 0 Å². The average molecular weight is 372 g/mol. The van der Waals surface area contributed by atoms with Gasteiger partial charge in [0, 0.05) is 29.2 Å². The molecule has 2 aromatic carbocycles. The fourth-order valence-electron chi connectivity index (χ4n) is 3.06. The molecule has 0 radical (unpaired) electrons. The molecule has 144 valence electrons. The van der Waals surface area contributed by atoms with Crippen LogP contribution in [0, 0.1) is 0 Å². The molecule has 0 saturated heterocycles. The molecule has 2 aromatic rings. The second kappa shape index (κ2) is 7.04. The van der Waals surface area contributed by atoms with Crippen LogP contribution in [-0.4, -0.2) is 33.1 Å². The molecule has 6 nitrogen and oxygen atoms in total. The van der Waals surface area contributed by atoms with E-state index in [1.807, 2.05) is 0 Å². The van der Waals surface area contributed by atoms with E-state index in [0.29, 0.717) is 41.0 Å². The van der Waals surface area contributed by atoms with Crippen molar-refractivity contribution in [3.8, 4) is 23.0 Å². The molecule has 27 heavy (non-hydrogen) atoms. The molecule has 1 aliphatic heterocycles. The van der Waals surface area contributed by atoms with Crippen LogP contribution in [0.5, 0.6) is 23.0 Å². The molecular formula is C21H24O6. The lowest BCUT2D eigenvalue weighted by atomic mass is 9.93. The van der Waals surface area contributed by atoms with E-state index in [1.165, 1.54) is 6.07 Å². The van der Waals surface area contributed by atoms with Crippen molar-refractivity contribution in [1.29, 1.82) is 0 Å². The van der Waals surface area contributed by atoms with Gasteiger partial charge in [0.25, 0.3) is 0 Å². The van der Waals surface area contributed by atoms with Gasteiger partial charge in [-0.3, -0.25) is 0 Å². The molecule has 0 atom stereocenters. The lowest BCUT2D eigenvalue weighted by Crippen LogP contribution is -2.20. The van der Waals surface area contributed by atoms with E-state index in [9.17, 15) is 20.4 Å². The van der Waals surface area contributed by atoms with Crippen molar-refractivity contribution in [1.82, 2.24) is 0 Å². The number of allylic oxidation sites excluding steroid dienone is 1. The van der Waals surface area contributed by atoms with Gasteiger partial charge in [-0.2, -0.15) is 0 Å². The Balaban J connectivity index is 2.01. The number of ether oxygens (including phenoxy) is 2. The van der Waals surface area contributed by atoms with Gasteiger partial charge in [-0.15, -0.1) is 0 Å². The van der Waals surface area contributed by atoms with Crippen molar-refractivity contribution >= 4 is 5.76 Å². The third-order valence-corrected chi connectivity index (χ3v) is 4.59. The van der Waals surface area contributed by atoms with E-state index in [0.717, 1.165) is 0 Å². The molecule has 4 N–H and O–H groups in total. The number of methoxy groups -OCH3 is 1. The Kier molecular flexibility index (Phi) is 4.93. The summed E-state index contributed by atoms with van der Waals surface area (Å²) in [5.41, 5.74) is 0.634. The summed E-state index contributed by atoms with van der Waals surface area (Å²) in [7, 11) is 1.57. The van der Waals surface area contributed by atoms with Gasteiger partial charge < -0.3 is 29.9 Å². The summed E-state index contributed by atoms with van der Waals surface area (Å²) in [4.78, 5) is 0. The highest BCUT2D eigenvalue weighted by Gasteiger charge is 2.29. The number of aromatic hydroxyl groups is 2. The molecule has 3 rings (SSSR count). The number of hydrogen-bond acceptors (Lipinski definition) is 6. The molecule has 0 bridgehead atoms. The number of aliphatic hydroxyl groups excluding tert-OH is 1. The highest BCUT2D eigenvalue weighted by molar-refractivity contribution is 5.71. The number of aliphatic hydroxyl groups is 2. The fraction of sp³-hybridized carbons (Fsp3) is 0.333. The van der Waals surface area contributed by atoms with Crippen LogP contribution in [0.15, 0.2) is 36.1 Å². The first kappa shape index (κ1) is 18.9. The largest absolute Gasteiger partial charge is 0.508 e. The predicted octanol–water partition coefficient (Wildman–Crippen LogP) is 3.67. The van der Waals surface area contributed by atoms with E-state index in [2.05, 4.69) is 0 Å². The lowest BCUT2D eigenvalue weighted by molar-refractivity contribution is 0.0711. The van der Waals surface area contributed by atoms with Crippen LogP contribution in [0.25, 0.3) is 5.76 Å². The third kappa shape index (κ3) is 3.95. The van der Waals surface area contributed by atoms with Gasteiger partial charge in [-0.1, -0.05) is 0 Å². The molecule has 0 aromatic heterocycles. The quantitative estimate of drug-likeness (QED) is 0.639. The van der Waals surface area contributed by atoms with Gasteiger partial charge in [0.1, 0.15) is 28.8 Å². The highest BCUT2D eigenvalue weighted by atomic mass is 16.5. The zero-order valence-corrected chi connectivity index (χ0v) is 15.6. The summed E-state index contributed by atoms with van der Waals surface area (Å²) < 4.78 is 11.1. The van der Waals surface area contributed by atoms with Crippen LogP contribution >= 0.6 is 0 Å². The summed E-state index contributed by atoms with van der Waals surface area (Å²) in [5.74, 6) is 0.999. The lowest BCUT2D eigenvalue weighted by Gasteiger charge is -2.26. The highest BCUT2D eigenvalue weighted by Crippen LogP contribution is 2.45. The number of rotatable bonds is 5. The van der Waals surface area contributed by atoms with E-state index in [4.69, 9.17) is 9.47 Å². The minimum atomic E-state index is -0.914. The Hall–Kier alpha value is -2.86. The summed E-state index contributed by atoms with van der Waals surface area (Å²) in [6.45, 7) is 3.37. The minimum absolute atomic E-state index is 0.0119. The summed E-state index contributed by atoms with van der Waals surface area (Å²) in [5, 5.41) is 41.0. The van der Waals surface area contributed by atoms with Crippen molar-refractivity contribution in [2.75, 3.05) is 7.11 Å². The molecule has 0 fully saturated rings. The molecule has 0 unspecified atom stereocenters. The Bertz CT molecular complexity index is 875. The SMILES string of the molecule is COc1ccc(C2=C(O)Cc3c(O)cc(O)c(CCC(C)(C)O)c3O2)cc1. The normalized spacial score (nSPS) is 13.9. The van der Waals surface area contributed by atoms with Crippen LogP contribution in [-0.2, 0) is 12.8 Å². The molecule has 0 amide bonds. The second-order valence-corrected chi connectivity index (χ2v) is 7.30. The maximum absolute atomic E-state index is 10.4. The zero-order chi connectivity index (χ0) is 19.8. The Morgan fingerprint density at radius 1 is 1.07 bits per heavy atom. The van der Waals surface area contributed by atoms with Gasteiger partial charge in [-0.25, -0.2) is 0 Å². The molecule has 1 aliphatic rings. The van der Waals surface area contributed by atoms with Crippen LogP contribution in [0.4, 0.5) is 0 Å². The van der Waals surface area contributed by atoms with Gasteiger partial charge >= 0.3 is 0 Å². The molecule has 1 heterocycles. The topological polar surface area (TPSA) is 99.4 Å². The third-order valence-electron chi connectivity index (χ3n) is 4.59. The number of hydrogen-bond donors (Lipinski definition) is 4. The smallest absolute Gasteiger partial charge is 0.172 e. The van der Waals surface area contributed by atoms with Crippen LogP contribution < -0.4 is 9.47 Å². The first-order valence-corrected chi connectivity index (χ1v) is 8.73. The first-order valence-electron chi connectivity index (χ1n) is 8.73. The standard InChI is InChI=1S/C21H24O6/c1-21(2,25)9-8-14-16(22)11-17(23)15-10-18(24)19(27-20(14)15)12-4-6-13(26-3)7-5-12/h4-7,11,22-25H,8-10H2,1-3H3. The second-order valence-electron chi connectivity index (χ2n) is 7.30. The minimum Gasteiger partial charge on any atom is -0.508 e. The molecule has 0 spiro atoms. The van der Waals surface area contributed by atoms with E-state index >= 15 is 0 Å². The molecule has 0 saturated carbocycles. The maximum Gasteiger partial charge on any atom is 0.172 e. The number of benzene rings is 2. The number of fused-ring (bicyclic) bond motifs is 1. The number of phenols is 2. The predicted molar refractivity (Wildman–Crippen MR) is 101 cm³/mol. The van der Waals surface area contributed by atoms with Crippen molar-refractivity contribution in [2.24, 2.45) is 0 Å². The summed E-state index contributed by atoms with van der Waals surface area (Å²) in [6.07, 6.45) is 0.835. The Morgan fingerprint density at radius 2 is 1.74 bits per heavy atom. The summed E-state index contributed by atoms with van der Waals surface area (Å²) >= 11 is 0. The fourth-order valence-corrected chi connectivity index (χ4v) is 3.06. The van der Waals surface area contributed by atoms with Crippen LogP contribution in [0.2, 0.25) is 0 Å². The maximum atomic E-state index is 10.4. The van der Waals surface area contributed by atoms with Crippen LogP contribution in [0.1, 0.15) is 37.0 Å². The molecule has 0 aliphatic carbocycles. The Morgan fingerprint density at radius 3 is 2.33 bits per heavy atom. The first-order chi connectivity index (χ1) is 12.7. The average Bonchev–Trinajstić information content (AvgIpc) is 2.61. The number of phenolic OH excluding ortho intramolecular Hbond substituents is 2. The van der Waals surface area contributed by atoms with Gasteiger partial charge in [0.2, 0.25) is 0 Å². The van der Waals surface area contributed by atoms with E-state index in [-0.39, 0.29) is 29.4 Å². The zero-order valence-electron chi connectivity index (χ0n) is 15.6. The molecular weight excluding hydrogens is 348 g/mol. The Labute approximate surface area is 157 Å². The van der Waals surface area contributed by atoms with E-state index < -0.39 is 5.60 Å².